The fraction of sp³-hybridized carbons (Fsp3) is 0.0714. The van der Waals surface area contributed by atoms with Gasteiger partial charge in [0, 0.05) is 17.6 Å². The summed E-state index contributed by atoms with van der Waals surface area (Å²) < 4.78 is 2.53. The van der Waals surface area contributed by atoms with Crippen molar-refractivity contribution in [3.63, 3.8) is 0 Å². The van der Waals surface area contributed by atoms with Gasteiger partial charge >= 0.3 is 0 Å². The Morgan fingerprint density at radius 3 is 2.58 bits per heavy atom. The molecule has 0 saturated heterocycles. The van der Waals surface area contributed by atoms with E-state index in [1.807, 2.05) is 53.1 Å². The number of H-pyrrole nitrogens is 1. The molecule has 4 nitrogen and oxygen atoms in total. The van der Waals surface area contributed by atoms with Gasteiger partial charge in [-0.15, -0.1) is 0 Å². The molecule has 0 unspecified atom stereocenters. The Kier molecular flexibility index (Phi) is 3.20. The first-order valence-corrected chi connectivity index (χ1v) is 6.37. The van der Waals surface area contributed by atoms with Crippen molar-refractivity contribution in [1.82, 2.24) is 19.7 Å². The summed E-state index contributed by atoms with van der Waals surface area (Å²) in [5.41, 5.74) is 1.97. The van der Waals surface area contributed by atoms with Crippen LogP contribution in [0, 0.1) is 4.77 Å². The van der Waals surface area contributed by atoms with E-state index in [1.54, 1.807) is 6.20 Å². The molecule has 94 valence electrons. The van der Waals surface area contributed by atoms with Crippen LogP contribution in [0.1, 0.15) is 11.5 Å². The number of rotatable bonds is 3. The van der Waals surface area contributed by atoms with Gasteiger partial charge in [0.2, 0.25) is 0 Å². The zero-order valence-electron chi connectivity index (χ0n) is 10.2. The van der Waals surface area contributed by atoms with Crippen molar-refractivity contribution in [3.8, 4) is 5.69 Å². The standard InChI is InChI=1S/C14H12N4S/c19-14-17-16-13(10-11-6-4-5-9-15-11)18(14)12-7-2-1-3-8-12/h1-9H,10H2,(H,17,19). The first-order chi connectivity index (χ1) is 9.34. The van der Waals surface area contributed by atoms with E-state index in [2.05, 4.69) is 15.2 Å². The molecule has 0 fully saturated rings. The van der Waals surface area contributed by atoms with Crippen molar-refractivity contribution in [3.05, 3.63) is 71.0 Å². The molecule has 0 atom stereocenters. The largest absolute Gasteiger partial charge is 0.272 e. The third-order valence-electron chi connectivity index (χ3n) is 2.82. The molecule has 0 bridgehead atoms. The van der Waals surface area contributed by atoms with Gasteiger partial charge in [0.05, 0.1) is 6.42 Å². The Labute approximate surface area is 115 Å². The SMILES string of the molecule is S=c1[nH]nc(Cc2ccccn2)n1-c1ccccc1. The molecule has 3 aromatic rings. The van der Waals surface area contributed by atoms with Crippen LogP contribution < -0.4 is 0 Å². The van der Waals surface area contributed by atoms with Crippen LogP contribution in [0.3, 0.4) is 0 Å². The quantitative estimate of drug-likeness (QED) is 0.743. The van der Waals surface area contributed by atoms with Crippen LogP contribution in [-0.2, 0) is 6.42 Å². The summed E-state index contributed by atoms with van der Waals surface area (Å²) in [5.74, 6) is 0.856. The maximum absolute atomic E-state index is 5.30. The molecule has 0 aliphatic heterocycles. The third-order valence-corrected chi connectivity index (χ3v) is 3.10. The van der Waals surface area contributed by atoms with Crippen LogP contribution in [0.5, 0.6) is 0 Å². The molecular weight excluding hydrogens is 256 g/mol. The minimum absolute atomic E-state index is 0.595. The normalized spacial score (nSPS) is 10.5. The van der Waals surface area contributed by atoms with Gasteiger partial charge in [-0.25, -0.2) is 0 Å². The van der Waals surface area contributed by atoms with Crippen molar-refractivity contribution < 1.29 is 0 Å². The highest BCUT2D eigenvalue weighted by molar-refractivity contribution is 7.71. The second-order valence-electron chi connectivity index (χ2n) is 4.11. The molecule has 0 radical (unpaired) electrons. The first kappa shape index (κ1) is 11.8. The summed E-state index contributed by atoms with van der Waals surface area (Å²) in [6.07, 6.45) is 2.42. The highest BCUT2D eigenvalue weighted by atomic mass is 32.1. The maximum Gasteiger partial charge on any atom is 0.199 e. The minimum atomic E-state index is 0.595. The van der Waals surface area contributed by atoms with Gasteiger partial charge in [-0.2, -0.15) is 5.10 Å². The Balaban J connectivity index is 2.03. The maximum atomic E-state index is 5.30. The van der Waals surface area contributed by atoms with E-state index in [4.69, 9.17) is 12.2 Å². The van der Waals surface area contributed by atoms with Crippen molar-refractivity contribution >= 4 is 12.2 Å². The van der Waals surface area contributed by atoms with Gasteiger partial charge < -0.3 is 0 Å². The van der Waals surface area contributed by atoms with Gasteiger partial charge in [-0.1, -0.05) is 24.3 Å². The topological polar surface area (TPSA) is 46.5 Å². The monoisotopic (exact) mass is 268 g/mol. The van der Waals surface area contributed by atoms with E-state index in [0.29, 0.717) is 11.2 Å². The van der Waals surface area contributed by atoms with E-state index in [-0.39, 0.29) is 0 Å². The minimum Gasteiger partial charge on any atom is -0.272 e. The molecule has 0 aliphatic rings. The summed E-state index contributed by atoms with van der Waals surface area (Å²) in [6.45, 7) is 0. The lowest BCUT2D eigenvalue weighted by molar-refractivity contribution is 0.882. The van der Waals surface area contributed by atoms with Crippen LogP contribution in [-0.4, -0.2) is 19.7 Å². The van der Waals surface area contributed by atoms with Gasteiger partial charge in [0.15, 0.2) is 4.77 Å². The average molecular weight is 268 g/mol. The predicted molar refractivity (Wildman–Crippen MR) is 75.8 cm³/mol. The second kappa shape index (κ2) is 5.16. The van der Waals surface area contributed by atoms with Crippen molar-refractivity contribution in [1.29, 1.82) is 0 Å². The number of hydrogen-bond donors (Lipinski definition) is 1. The second-order valence-corrected chi connectivity index (χ2v) is 4.50. The number of nitrogens with one attached hydrogen (secondary N) is 1. The van der Waals surface area contributed by atoms with E-state index >= 15 is 0 Å². The van der Waals surface area contributed by atoms with Crippen molar-refractivity contribution in [2.45, 2.75) is 6.42 Å². The highest BCUT2D eigenvalue weighted by Gasteiger charge is 2.09. The number of para-hydroxylation sites is 1. The molecule has 2 aromatic heterocycles. The lowest BCUT2D eigenvalue weighted by Gasteiger charge is -2.06. The zero-order chi connectivity index (χ0) is 13.1. The lowest BCUT2D eigenvalue weighted by atomic mass is 10.2. The highest BCUT2D eigenvalue weighted by Crippen LogP contribution is 2.13. The van der Waals surface area contributed by atoms with Gasteiger partial charge in [-0.05, 0) is 36.5 Å². The van der Waals surface area contributed by atoms with E-state index < -0.39 is 0 Å². The summed E-state index contributed by atoms with van der Waals surface area (Å²) >= 11 is 5.30. The first-order valence-electron chi connectivity index (χ1n) is 5.96. The Morgan fingerprint density at radius 2 is 1.84 bits per heavy atom. The smallest absolute Gasteiger partial charge is 0.199 e. The van der Waals surface area contributed by atoms with Crippen LogP contribution in [0.4, 0.5) is 0 Å². The zero-order valence-corrected chi connectivity index (χ0v) is 11.0. The van der Waals surface area contributed by atoms with Crippen molar-refractivity contribution in [2.75, 3.05) is 0 Å². The number of hydrogen-bond acceptors (Lipinski definition) is 3. The van der Waals surface area contributed by atoms with E-state index in [0.717, 1.165) is 17.2 Å². The number of pyridine rings is 1. The van der Waals surface area contributed by atoms with Gasteiger partial charge in [0.1, 0.15) is 5.82 Å². The summed E-state index contributed by atoms with van der Waals surface area (Å²) in [6, 6.07) is 15.8. The third kappa shape index (κ3) is 2.46. The number of aromatic amines is 1. The fourth-order valence-corrected chi connectivity index (χ4v) is 2.21. The van der Waals surface area contributed by atoms with Crippen LogP contribution in [0.25, 0.3) is 5.69 Å². The van der Waals surface area contributed by atoms with Crippen LogP contribution in [0.15, 0.2) is 54.7 Å². The summed E-state index contributed by atoms with van der Waals surface area (Å²) in [4.78, 5) is 4.32. The fourth-order valence-electron chi connectivity index (χ4n) is 1.96. The number of benzene rings is 1. The van der Waals surface area contributed by atoms with E-state index in [9.17, 15) is 0 Å². The number of aromatic nitrogens is 4. The van der Waals surface area contributed by atoms with Gasteiger partial charge in [-0.3, -0.25) is 14.6 Å². The van der Waals surface area contributed by atoms with Crippen LogP contribution >= 0.6 is 12.2 Å². The molecule has 0 saturated carbocycles. The number of nitrogens with zero attached hydrogens (tertiary/aromatic N) is 3. The molecule has 0 amide bonds. The van der Waals surface area contributed by atoms with Gasteiger partial charge in [0.25, 0.3) is 0 Å². The van der Waals surface area contributed by atoms with Crippen LogP contribution in [0.2, 0.25) is 0 Å². The molecular formula is C14H12N4S. The average Bonchev–Trinajstić information content (AvgIpc) is 2.82. The molecule has 2 heterocycles. The molecule has 19 heavy (non-hydrogen) atoms. The molecule has 0 aliphatic carbocycles. The Hall–Kier alpha value is -2.27. The molecule has 1 aromatic carbocycles. The molecule has 0 spiro atoms. The van der Waals surface area contributed by atoms with E-state index in [1.165, 1.54) is 0 Å². The molecule has 1 N–H and O–H groups in total. The molecule has 3 rings (SSSR count). The lowest BCUT2D eigenvalue weighted by Crippen LogP contribution is -2.03. The summed E-state index contributed by atoms with van der Waals surface area (Å²) in [5, 5.41) is 7.14. The Morgan fingerprint density at radius 1 is 1.05 bits per heavy atom. The molecule has 5 heteroatoms. The predicted octanol–water partition coefficient (Wildman–Crippen LogP) is 2.92. The Bertz CT molecular complexity index is 716. The summed E-state index contributed by atoms with van der Waals surface area (Å²) in [7, 11) is 0. The van der Waals surface area contributed by atoms with Crippen molar-refractivity contribution in [2.24, 2.45) is 0 Å².